The number of aromatic nitrogens is 4. The van der Waals surface area contributed by atoms with Crippen molar-refractivity contribution in [3.05, 3.63) is 24.3 Å². The summed E-state index contributed by atoms with van der Waals surface area (Å²) in [5.74, 6) is 2.63. The monoisotopic (exact) mass is 259 g/mol. The molecule has 0 unspecified atom stereocenters. The van der Waals surface area contributed by atoms with Crippen molar-refractivity contribution < 1.29 is 0 Å². The maximum Gasteiger partial charge on any atom is 0.158 e. The molecule has 5 nitrogen and oxygen atoms in total. The average molecular weight is 259 g/mol. The van der Waals surface area contributed by atoms with E-state index in [1.165, 1.54) is 0 Å². The van der Waals surface area contributed by atoms with E-state index in [0.717, 1.165) is 49.0 Å². The van der Waals surface area contributed by atoms with Gasteiger partial charge in [-0.15, -0.1) is 0 Å². The zero-order chi connectivity index (χ0) is 13.7. The van der Waals surface area contributed by atoms with Gasteiger partial charge in [0, 0.05) is 38.5 Å². The number of aryl methyl sites for hydroxylation is 2. The van der Waals surface area contributed by atoms with Crippen LogP contribution in [0.25, 0.3) is 11.5 Å². The molecule has 2 aromatic heterocycles. The summed E-state index contributed by atoms with van der Waals surface area (Å²) in [5, 5.41) is 3.09. The lowest BCUT2D eigenvalue weighted by Gasteiger charge is -2.09. The highest BCUT2D eigenvalue weighted by atomic mass is 15.1. The van der Waals surface area contributed by atoms with Crippen molar-refractivity contribution in [2.24, 2.45) is 0 Å². The molecule has 102 valence electrons. The second-order valence-electron chi connectivity index (χ2n) is 4.50. The summed E-state index contributed by atoms with van der Waals surface area (Å²) in [7, 11) is 1.88. The second kappa shape index (κ2) is 6.31. The van der Waals surface area contributed by atoms with Crippen molar-refractivity contribution in [3.63, 3.8) is 0 Å². The van der Waals surface area contributed by atoms with Crippen LogP contribution in [0.3, 0.4) is 0 Å². The third-order valence-corrected chi connectivity index (χ3v) is 2.91. The van der Waals surface area contributed by atoms with Crippen LogP contribution in [0.2, 0.25) is 0 Å². The minimum absolute atomic E-state index is 0.847. The fraction of sp³-hybridized carbons (Fsp3) is 0.500. The Morgan fingerprint density at radius 3 is 2.74 bits per heavy atom. The highest BCUT2D eigenvalue weighted by Gasteiger charge is 2.10. The van der Waals surface area contributed by atoms with Gasteiger partial charge < -0.3 is 9.88 Å². The number of anilines is 1. The van der Waals surface area contributed by atoms with E-state index in [4.69, 9.17) is 0 Å². The zero-order valence-electron chi connectivity index (χ0n) is 11.8. The molecule has 0 spiro atoms. The van der Waals surface area contributed by atoms with Crippen LogP contribution >= 0.6 is 0 Å². The molecule has 0 aliphatic rings. The van der Waals surface area contributed by atoms with E-state index >= 15 is 0 Å². The first-order valence-electron chi connectivity index (χ1n) is 6.85. The largest absolute Gasteiger partial charge is 0.373 e. The van der Waals surface area contributed by atoms with Crippen molar-refractivity contribution >= 4 is 5.82 Å². The molecule has 0 aliphatic heterocycles. The summed E-state index contributed by atoms with van der Waals surface area (Å²) in [5.41, 5.74) is 0.890. The lowest BCUT2D eigenvalue weighted by atomic mass is 10.3. The number of nitrogens with one attached hydrogen (secondary N) is 1. The normalized spacial score (nSPS) is 10.7. The molecule has 0 atom stereocenters. The van der Waals surface area contributed by atoms with Crippen LogP contribution in [0.4, 0.5) is 5.82 Å². The Bertz CT molecular complexity index is 532. The van der Waals surface area contributed by atoms with Gasteiger partial charge in [-0.25, -0.2) is 15.0 Å². The van der Waals surface area contributed by atoms with Crippen molar-refractivity contribution in [3.8, 4) is 11.5 Å². The molecule has 1 N–H and O–H groups in total. The lowest BCUT2D eigenvalue weighted by molar-refractivity contribution is 0.683. The van der Waals surface area contributed by atoms with Gasteiger partial charge in [-0.2, -0.15) is 0 Å². The number of nitrogens with zero attached hydrogens (tertiary/aromatic N) is 4. The summed E-state index contributed by atoms with van der Waals surface area (Å²) in [6.45, 7) is 5.25. The molecule has 19 heavy (non-hydrogen) atoms. The van der Waals surface area contributed by atoms with Gasteiger partial charge in [0.2, 0.25) is 0 Å². The number of hydrogen-bond acceptors (Lipinski definition) is 4. The lowest BCUT2D eigenvalue weighted by Crippen LogP contribution is -2.05. The van der Waals surface area contributed by atoms with Gasteiger partial charge >= 0.3 is 0 Å². The first kappa shape index (κ1) is 13.5. The summed E-state index contributed by atoms with van der Waals surface area (Å²) < 4.78 is 2.14. The van der Waals surface area contributed by atoms with E-state index < -0.39 is 0 Å². The Kier molecular flexibility index (Phi) is 4.49. The van der Waals surface area contributed by atoms with Crippen LogP contribution in [0.5, 0.6) is 0 Å². The Morgan fingerprint density at radius 2 is 2.05 bits per heavy atom. The highest BCUT2D eigenvalue weighted by Crippen LogP contribution is 2.19. The van der Waals surface area contributed by atoms with Crippen molar-refractivity contribution in [2.75, 3.05) is 12.4 Å². The van der Waals surface area contributed by atoms with E-state index in [1.54, 1.807) is 0 Å². The van der Waals surface area contributed by atoms with E-state index in [0.29, 0.717) is 0 Å². The molecule has 2 aromatic rings. The summed E-state index contributed by atoms with van der Waals surface area (Å²) in [4.78, 5) is 13.5. The molecule has 0 aromatic carbocycles. The third kappa shape index (κ3) is 3.10. The molecule has 0 aliphatic carbocycles. The van der Waals surface area contributed by atoms with Crippen LogP contribution < -0.4 is 5.32 Å². The fourth-order valence-electron chi connectivity index (χ4n) is 2.04. The third-order valence-electron chi connectivity index (χ3n) is 2.91. The van der Waals surface area contributed by atoms with Crippen LogP contribution in [-0.2, 0) is 13.0 Å². The molecule has 0 amide bonds. The maximum atomic E-state index is 4.62. The van der Waals surface area contributed by atoms with Crippen molar-refractivity contribution in [1.29, 1.82) is 0 Å². The Labute approximate surface area is 114 Å². The first-order chi connectivity index (χ1) is 9.28. The average Bonchev–Trinajstić information content (AvgIpc) is 2.87. The van der Waals surface area contributed by atoms with Gasteiger partial charge in [0.05, 0.1) is 0 Å². The minimum atomic E-state index is 0.847. The second-order valence-corrected chi connectivity index (χ2v) is 4.50. The topological polar surface area (TPSA) is 55.6 Å². The predicted octanol–water partition coefficient (Wildman–Crippen LogP) is 2.74. The highest BCUT2D eigenvalue weighted by molar-refractivity contribution is 5.55. The number of imidazole rings is 1. The minimum Gasteiger partial charge on any atom is -0.373 e. The van der Waals surface area contributed by atoms with Crippen LogP contribution in [0.15, 0.2) is 18.5 Å². The Morgan fingerprint density at radius 1 is 1.21 bits per heavy atom. The van der Waals surface area contributed by atoms with Crippen LogP contribution in [-0.4, -0.2) is 26.6 Å². The SMILES string of the molecule is CCCc1nc(NC)cc(-c2nccn2CCC)n1. The molecule has 0 saturated heterocycles. The smallest absolute Gasteiger partial charge is 0.158 e. The molecule has 0 radical (unpaired) electrons. The summed E-state index contributed by atoms with van der Waals surface area (Å²) in [6.07, 6.45) is 6.83. The van der Waals surface area contributed by atoms with Crippen molar-refractivity contribution in [2.45, 2.75) is 39.7 Å². The van der Waals surface area contributed by atoms with E-state index in [2.05, 4.69) is 38.7 Å². The molecule has 0 bridgehead atoms. The zero-order valence-corrected chi connectivity index (χ0v) is 11.8. The van der Waals surface area contributed by atoms with Crippen LogP contribution in [0.1, 0.15) is 32.5 Å². The van der Waals surface area contributed by atoms with E-state index in [9.17, 15) is 0 Å². The van der Waals surface area contributed by atoms with E-state index in [-0.39, 0.29) is 0 Å². The van der Waals surface area contributed by atoms with Gasteiger partial charge in [-0.3, -0.25) is 0 Å². The van der Waals surface area contributed by atoms with Gasteiger partial charge in [0.15, 0.2) is 5.82 Å². The summed E-state index contributed by atoms with van der Waals surface area (Å²) >= 11 is 0. The molecule has 0 saturated carbocycles. The van der Waals surface area contributed by atoms with Gasteiger partial charge in [-0.05, 0) is 12.8 Å². The Balaban J connectivity index is 2.42. The summed E-state index contributed by atoms with van der Waals surface area (Å²) in [6, 6.07) is 1.95. The maximum absolute atomic E-state index is 4.62. The Hall–Kier alpha value is -1.91. The molecule has 0 fully saturated rings. The standard InChI is InChI=1S/C14H21N5/c1-4-6-12-17-11(10-13(15-3)18-12)14-16-7-9-19(14)8-5-2/h7,9-10H,4-6,8H2,1-3H3,(H,15,17,18). The molecule has 2 heterocycles. The fourth-order valence-corrected chi connectivity index (χ4v) is 2.04. The molecule has 5 heteroatoms. The van der Waals surface area contributed by atoms with Crippen LogP contribution in [0, 0.1) is 0 Å². The van der Waals surface area contributed by atoms with Gasteiger partial charge in [0.1, 0.15) is 17.3 Å². The number of hydrogen-bond donors (Lipinski definition) is 1. The van der Waals surface area contributed by atoms with Gasteiger partial charge in [0.25, 0.3) is 0 Å². The molecular formula is C14H21N5. The van der Waals surface area contributed by atoms with Gasteiger partial charge in [-0.1, -0.05) is 13.8 Å². The first-order valence-corrected chi connectivity index (χ1v) is 6.85. The number of rotatable bonds is 6. The molecule has 2 rings (SSSR count). The van der Waals surface area contributed by atoms with E-state index in [1.807, 2.05) is 25.5 Å². The van der Waals surface area contributed by atoms with Crippen molar-refractivity contribution in [1.82, 2.24) is 19.5 Å². The predicted molar refractivity (Wildman–Crippen MR) is 77.1 cm³/mol. The molecular weight excluding hydrogens is 238 g/mol. The quantitative estimate of drug-likeness (QED) is 0.866.